The van der Waals surface area contributed by atoms with Gasteiger partial charge in [-0.05, 0) is 32.0 Å². The van der Waals surface area contributed by atoms with Gasteiger partial charge in [-0.3, -0.25) is 0 Å². The first kappa shape index (κ1) is 11.0. The number of hydrogen-bond donors (Lipinski definition) is 2. The summed E-state index contributed by atoms with van der Waals surface area (Å²) < 4.78 is 0. The van der Waals surface area contributed by atoms with Crippen LogP contribution in [-0.4, -0.2) is 16.0 Å². The molecular formula is C13H19N3. The summed E-state index contributed by atoms with van der Waals surface area (Å²) in [4.78, 5) is 7.91. The second kappa shape index (κ2) is 4.16. The van der Waals surface area contributed by atoms with Crippen molar-refractivity contribution in [3.8, 4) is 0 Å². The Balaban J connectivity index is 2.38. The summed E-state index contributed by atoms with van der Waals surface area (Å²) in [6, 6.07) is 6.70. The Kier molecular flexibility index (Phi) is 2.86. The van der Waals surface area contributed by atoms with Crippen LogP contribution >= 0.6 is 0 Å². The quantitative estimate of drug-likeness (QED) is 0.826. The monoisotopic (exact) mass is 217 g/mol. The number of H-pyrrole nitrogens is 1. The molecule has 0 saturated heterocycles. The molecule has 1 aromatic carbocycles. The third-order valence-corrected chi connectivity index (χ3v) is 2.50. The molecule has 2 aromatic rings. The van der Waals surface area contributed by atoms with E-state index in [1.54, 1.807) is 0 Å². The van der Waals surface area contributed by atoms with Gasteiger partial charge in [0.05, 0.1) is 11.0 Å². The molecule has 1 heterocycles. The summed E-state index contributed by atoms with van der Waals surface area (Å²) >= 11 is 0. The maximum atomic E-state index is 4.55. The zero-order valence-corrected chi connectivity index (χ0v) is 10.3. The van der Waals surface area contributed by atoms with Crippen molar-refractivity contribution in [3.63, 3.8) is 0 Å². The number of aromatic nitrogens is 2. The molecule has 0 aliphatic heterocycles. The van der Waals surface area contributed by atoms with Crippen LogP contribution in [0.2, 0.25) is 0 Å². The molecule has 0 fully saturated rings. The van der Waals surface area contributed by atoms with Gasteiger partial charge in [-0.15, -0.1) is 0 Å². The number of anilines is 1. The van der Waals surface area contributed by atoms with Gasteiger partial charge in [0, 0.05) is 17.6 Å². The van der Waals surface area contributed by atoms with Crippen LogP contribution in [0, 0.1) is 0 Å². The highest BCUT2D eigenvalue weighted by atomic mass is 14.9. The Labute approximate surface area is 96.3 Å². The first-order chi connectivity index (χ1) is 7.56. The Bertz CT molecular complexity index is 483. The minimum Gasteiger partial charge on any atom is -0.383 e. The third-order valence-electron chi connectivity index (χ3n) is 2.50. The fourth-order valence-corrected chi connectivity index (χ4v) is 1.73. The molecule has 0 unspecified atom stereocenters. The van der Waals surface area contributed by atoms with Gasteiger partial charge in [-0.2, -0.15) is 0 Å². The van der Waals surface area contributed by atoms with E-state index in [9.17, 15) is 0 Å². The largest absolute Gasteiger partial charge is 0.383 e. The molecule has 2 rings (SSSR count). The van der Waals surface area contributed by atoms with Crippen molar-refractivity contribution >= 4 is 16.7 Å². The Morgan fingerprint density at radius 3 is 2.56 bits per heavy atom. The molecule has 0 saturated carbocycles. The minimum atomic E-state index is 0.439. The SMILES string of the molecule is CC(C)Nc1ccc2nc(C(C)C)[nH]c2c1. The molecule has 2 N–H and O–H groups in total. The van der Waals surface area contributed by atoms with Gasteiger partial charge < -0.3 is 10.3 Å². The fourth-order valence-electron chi connectivity index (χ4n) is 1.73. The third kappa shape index (κ3) is 2.18. The van der Waals surface area contributed by atoms with Crippen LogP contribution in [0.15, 0.2) is 18.2 Å². The summed E-state index contributed by atoms with van der Waals surface area (Å²) in [5.74, 6) is 1.49. The lowest BCUT2D eigenvalue weighted by molar-refractivity contribution is 0.799. The molecule has 0 atom stereocenters. The number of nitrogens with one attached hydrogen (secondary N) is 2. The molecule has 0 radical (unpaired) electrons. The minimum absolute atomic E-state index is 0.439. The molecule has 0 aliphatic carbocycles. The highest BCUT2D eigenvalue weighted by molar-refractivity contribution is 5.79. The number of nitrogens with zero attached hydrogens (tertiary/aromatic N) is 1. The van der Waals surface area contributed by atoms with E-state index in [1.165, 1.54) is 0 Å². The first-order valence-corrected chi connectivity index (χ1v) is 5.82. The molecule has 0 bridgehead atoms. The van der Waals surface area contributed by atoms with Gasteiger partial charge in [0.2, 0.25) is 0 Å². The highest BCUT2D eigenvalue weighted by Gasteiger charge is 2.06. The Morgan fingerprint density at radius 1 is 1.19 bits per heavy atom. The van der Waals surface area contributed by atoms with Gasteiger partial charge in [0.1, 0.15) is 5.82 Å². The van der Waals surface area contributed by atoms with Crippen LogP contribution in [-0.2, 0) is 0 Å². The average molecular weight is 217 g/mol. The molecule has 0 amide bonds. The number of benzene rings is 1. The smallest absolute Gasteiger partial charge is 0.109 e. The van der Waals surface area contributed by atoms with Gasteiger partial charge in [0.25, 0.3) is 0 Å². The van der Waals surface area contributed by atoms with Crippen molar-refractivity contribution in [2.45, 2.75) is 39.7 Å². The van der Waals surface area contributed by atoms with E-state index in [0.717, 1.165) is 22.5 Å². The van der Waals surface area contributed by atoms with Crippen LogP contribution in [0.4, 0.5) is 5.69 Å². The predicted molar refractivity (Wildman–Crippen MR) is 68.9 cm³/mol. The van der Waals surface area contributed by atoms with Crippen molar-refractivity contribution in [2.24, 2.45) is 0 Å². The number of fused-ring (bicyclic) bond motifs is 1. The van der Waals surface area contributed by atoms with Gasteiger partial charge >= 0.3 is 0 Å². The molecule has 16 heavy (non-hydrogen) atoms. The number of rotatable bonds is 3. The summed E-state index contributed by atoms with van der Waals surface area (Å²) in [6.45, 7) is 8.56. The molecule has 3 nitrogen and oxygen atoms in total. The molecule has 86 valence electrons. The van der Waals surface area contributed by atoms with Crippen LogP contribution in [0.25, 0.3) is 11.0 Å². The number of aromatic amines is 1. The predicted octanol–water partition coefficient (Wildman–Crippen LogP) is 3.51. The first-order valence-electron chi connectivity index (χ1n) is 5.82. The van der Waals surface area contributed by atoms with Crippen molar-refractivity contribution in [1.82, 2.24) is 9.97 Å². The second-order valence-electron chi connectivity index (χ2n) is 4.81. The highest BCUT2D eigenvalue weighted by Crippen LogP contribution is 2.20. The van der Waals surface area contributed by atoms with Crippen molar-refractivity contribution < 1.29 is 0 Å². The van der Waals surface area contributed by atoms with E-state index in [-0.39, 0.29) is 0 Å². The summed E-state index contributed by atoms with van der Waals surface area (Å²) in [6.07, 6.45) is 0. The van der Waals surface area contributed by atoms with Gasteiger partial charge in [-0.25, -0.2) is 4.98 Å². The van der Waals surface area contributed by atoms with Crippen LogP contribution in [0.3, 0.4) is 0 Å². The van der Waals surface area contributed by atoms with Crippen LogP contribution < -0.4 is 5.32 Å². The summed E-state index contributed by atoms with van der Waals surface area (Å²) in [7, 11) is 0. The molecular weight excluding hydrogens is 198 g/mol. The standard InChI is InChI=1S/C13H19N3/c1-8(2)13-15-11-6-5-10(14-9(3)4)7-12(11)16-13/h5-9,14H,1-4H3,(H,15,16). The zero-order chi connectivity index (χ0) is 11.7. The Hall–Kier alpha value is -1.51. The van der Waals surface area contributed by atoms with E-state index in [2.05, 4.69) is 61.2 Å². The zero-order valence-electron chi connectivity index (χ0n) is 10.3. The Morgan fingerprint density at radius 2 is 1.94 bits per heavy atom. The van der Waals surface area contributed by atoms with Gasteiger partial charge in [0.15, 0.2) is 0 Å². The molecule has 0 spiro atoms. The van der Waals surface area contributed by atoms with E-state index < -0.39 is 0 Å². The van der Waals surface area contributed by atoms with Crippen LogP contribution in [0.1, 0.15) is 39.4 Å². The molecule has 1 aromatic heterocycles. The molecule has 3 heteroatoms. The lowest BCUT2D eigenvalue weighted by Crippen LogP contribution is -2.09. The van der Waals surface area contributed by atoms with E-state index in [1.807, 2.05) is 0 Å². The average Bonchev–Trinajstić information content (AvgIpc) is 2.59. The molecule has 0 aliphatic rings. The number of imidazole rings is 1. The van der Waals surface area contributed by atoms with Crippen molar-refractivity contribution in [3.05, 3.63) is 24.0 Å². The van der Waals surface area contributed by atoms with Crippen molar-refractivity contribution in [2.75, 3.05) is 5.32 Å². The second-order valence-corrected chi connectivity index (χ2v) is 4.81. The lowest BCUT2D eigenvalue weighted by Gasteiger charge is -2.09. The lowest BCUT2D eigenvalue weighted by atomic mass is 10.2. The van der Waals surface area contributed by atoms with Crippen molar-refractivity contribution in [1.29, 1.82) is 0 Å². The van der Waals surface area contributed by atoms with E-state index in [0.29, 0.717) is 12.0 Å². The van der Waals surface area contributed by atoms with Gasteiger partial charge in [-0.1, -0.05) is 13.8 Å². The fraction of sp³-hybridized carbons (Fsp3) is 0.462. The number of hydrogen-bond acceptors (Lipinski definition) is 2. The maximum absolute atomic E-state index is 4.55. The maximum Gasteiger partial charge on any atom is 0.109 e. The summed E-state index contributed by atoms with van der Waals surface area (Å²) in [5.41, 5.74) is 3.29. The van der Waals surface area contributed by atoms with E-state index in [4.69, 9.17) is 0 Å². The van der Waals surface area contributed by atoms with Crippen LogP contribution in [0.5, 0.6) is 0 Å². The topological polar surface area (TPSA) is 40.7 Å². The van der Waals surface area contributed by atoms with E-state index >= 15 is 0 Å². The summed E-state index contributed by atoms with van der Waals surface area (Å²) in [5, 5.41) is 3.39. The normalized spacial score (nSPS) is 11.6.